The summed E-state index contributed by atoms with van der Waals surface area (Å²) in [7, 11) is 7.56. The van der Waals surface area contributed by atoms with Crippen molar-refractivity contribution < 1.29 is 9.47 Å². The number of aliphatic imine (C=N–C) groups is 1. The topological polar surface area (TPSA) is 58.1 Å². The highest BCUT2D eigenvalue weighted by Gasteiger charge is 2.13. The van der Waals surface area contributed by atoms with Crippen LogP contribution in [0.5, 0.6) is 11.5 Å². The molecule has 2 N–H and O–H groups in total. The number of nitrogens with zero attached hydrogens (tertiary/aromatic N) is 2. The van der Waals surface area contributed by atoms with Crippen molar-refractivity contribution in [3.05, 3.63) is 23.8 Å². The van der Waals surface area contributed by atoms with Crippen LogP contribution in [0.15, 0.2) is 23.2 Å². The lowest BCUT2D eigenvalue weighted by atomic mass is 10.0. The van der Waals surface area contributed by atoms with Gasteiger partial charge in [-0.1, -0.05) is 19.9 Å². The zero-order valence-electron chi connectivity index (χ0n) is 18.5. The Morgan fingerprint density at radius 1 is 1.11 bits per heavy atom. The third kappa shape index (κ3) is 9.82. The van der Waals surface area contributed by atoms with E-state index in [1.165, 1.54) is 5.56 Å². The van der Waals surface area contributed by atoms with E-state index in [0.717, 1.165) is 49.9 Å². The number of methoxy groups -OCH3 is 2. The van der Waals surface area contributed by atoms with E-state index in [4.69, 9.17) is 14.5 Å². The lowest BCUT2D eigenvalue weighted by Gasteiger charge is -2.24. The molecule has 0 aromatic heterocycles. The van der Waals surface area contributed by atoms with Crippen LogP contribution in [0.25, 0.3) is 0 Å². The minimum Gasteiger partial charge on any atom is -0.493 e. The Hall–Kier alpha value is -1.22. The molecule has 0 aliphatic rings. The molecule has 1 atom stereocenters. The Kier molecular flexibility index (Phi) is 14.1. The molecule has 0 amide bonds. The van der Waals surface area contributed by atoms with Gasteiger partial charge in [0.15, 0.2) is 17.5 Å². The summed E-state index contributed by atoms with van der Waals surface area (Å²) in [5.74, 6) is 3.05. The summed E-state index contributed by atoms with van der Waals surface area (Å²) in [6, 6.07) is 6.49. The summed E-state index contributed by atoms with van der Waals surface area (Å²) >= 11 is 0. The molecule has 0 radical (unpaired) electrons. The maximum absolute atomic E-state index is 5.38. The van der Waals surface area contributed by atoms with E-state index in [1.54, 1.807) is 14.2 Å². The fourth-order valence-corrected chi connectivity index (χ4v) is 2.89. The van der Waals surface area contributed by atoms with Gasteiger partial charge in [0, 0.05) is 19.1 Å². The highest BCUT2D eigenvalue weighted by atomic mass is 127. The molecule has 6 nitrogen and oxygen atoms in total. The number of nitrogens with one attached hydrogen (secondary N) is 2. The molecule has 1 aromatic rings. The van der Waals surface area contributed by atoms with Gasteiger partial charge in [-0.15, -0.1) is 24.0 Å². The first-order chi connectivity index (χ1) is 12.9. The number of halogens is 1. The third-order valence-corrected chi connectivity index (χ3v) is 4.43. The number of guanidine groups is 1. The van der Waals surface area contributed by atoms with Crippen LogP contribution in [0.4, 0.5) is 0 Å². The van der Waals surface area contributed by atoms with E-state index in [9.17, 15) is 0 Å². The van der Waals surface area contributed by atoms with E-state index in [1.807, 2.05) is 12.1 Å². The van der Waals surface area contributed by atoms with E-state index in [-0.39, 0.29) is 24.0 Å². The molecule has 0 spiro atoms. The summed E-state index contributed by atoms with van der Waals surface area (Å²) in [5.41, 5.74) is 1.20. The fraction of sp³-hybridized carbons (Fsp3) is 0.667. The molecule has 0 aliphatic carbocycles. The van der Waals surface area contributed by atoms with Crippen molar-refractivity contribution in [2.45, 2.75) is 39.7 Å². The average molecular weight is 506 g/mol. The van der Waals surface area contributed by atoms with Crippen molar-refractivity contribution in [3.63, 3.8) is 0 Å². The lowest BCUT2D eigenvalue weighted by molar-refractivity contribution is 0.261. The Bertz CT molecular complexity index is 580. The van der Waals surface area contributed by atoms with E-state index in [2.05, 4.69) is 56.5 Å². The number of rotatable bonds is 11. The second-order valence-corrected chi connectivity index (χ2v) is 7.33. The largest absolute Gasteiger partial charge is 0.493 e. The molecule has 1 unspecified atom stereocenters. The van der Waals surface area contributed by atoms with Crippen LogP contribution in [0.2, 0.25) is 0 Å². The van der Waals surface area contributed by atoms with Crippen molar-refractivity contribution in [1.82, 2.24) is 15.5 Å². The SMILES string of the molecule is CCNC(=NCC(CC(C)C)N(C)C)NCCc1ccc(OC)c(OC)c1.I. The summed E-state index contributed by atoms with van der Waals surface area (Å²) < 4.78 is 10.7. The molecule has 0 saturated heterocycles. The van der Waals surface area contributed by atoms with Gasteiger partial charge in [0.2, 0.25) is 0 Å². The molecule has 0 aliphatic heterocycles. The minimum absolute atomic E-state index is 0. The standard InChI is InChI=1S/C21H38N4O2.HI/c1-8-22-21(24-15-18(25(4)5)13-16(2)3)23-12-11-17-9-10-19(26-6)20(14-17)27-7;/h9-10,14,16,18H,8,11-13,15H2,1-7H3,(H2,22,23,24);1H. The van der Waals surface area contributed by atoms with Gasteiger partial charge in [0.25, 0.3) is 0 Å². The van der Waals surface area contributed by atoms with E-state index < -0.39 is 0 Å². The van der Waals surface area contributed by atoms with Gasteiger partial charge >= 0.3 is 0 Å². The van der Waals surface area contributed by atoms with Gasteiger partial charge in [-0.25, -0.2) is 0 Å². The predicted octanol–water partition coefficient (Wildman–Crippen LogP) is 3.40. The quantitative estimate of drug-likeness (QED) is 0.274. The van der Waals surface area contributed by atoms with Gasteiger partial charge in [0.1, 0.15) is 0 Å². The third-order valence-electron chi connectivity index (χ3n) is 4.43. The highest BCUT2D eigenvalue weighted by molar-refractivity contribution is 14.0. The van der Waals surface area contributed by atoms with Crippen molar-refractivity contribution in [3.8, 4) is 11.5 Å². The summed E-state index contributed by atoms with van der Waals surface area (Å²) in [5, 5.41) is 6.76. The van der Waals surface area contributed by atoms with Crippen LogP contribution in [0.3, 0.4) is 0 Å². The smallest absolute Gasteiger partial charge is 0.191 e. The Balaban J connectivity index is 0.00000729. The first kappa shape index (κ1) is 26.8. The van der Waals surface area contributed by atoms with E-state index >= 15 is 0 Å². The molecule has 7 heteroatoms. The van der Waals surface area contributed by atoms with Crippen LogP contribution in [-0.4, -0.2) is 64.9 Å². The Morgan fingerprint density at radius 3 is 2.32 bits per heavy atom. The number of benzene rings is 1. The zero-order valence-corrected chi connectivity index (χ0v) is 20.9. The minimum atomic E-state index is 0. The number of hydrogen-bond donors (Lipinski definition) is 2. The maximum atomic E-state index is 5.38. The fourth-order valence-electron chi connectivity index (χ4n) is 2.89. The molecule has 0 saturated carbocycles. The molecule has 162 valence electrons. The highest BCUT2D eigenvalue weighted by Crippen LogP contribution is 2.27. The second-order valence-electron chi connectivity index (χ2n) is 7.33. The van der Waals surface area contributed by atoms with Crippen molar-refractivity contribution in [1.29, 1.82) is 0 Å². The summed E-state index contributed by atoms with van der Waals surface area (Å²) in [6.07, 6.45) is 2.02. The summed E-state index contributed by atoms with van der Waals surface area (Å²) in [4.78, 5) is 7.05. The lowest BCUT2D eigenvalue weighted by Crippen LogP contribution is -2.40. The van der Waals surface area contributed by atoms with Crippen LogP contribution in [-0.2, 0) is 6.42 Å². The van der Waals surface area contributed by atoms with Crippen molar-refractivity contribution in [2.24, 2.45) is 10.9 Å². The van der Waals surface area contributed by atoms with Gasteiger partial charge in [0.05, 0.1) is 20.8 Å². The normalized spacial score (nSPS) is 12.5. The molecular weight excluding hydrogens is 467 g/mol. The van der Waals surface area contributed by atoms with E-state index in [0.29, 0.717) is 12.0 Å². The van der Waals surface area contributed by atoms with Crippen LogP contribution < -0.4 is 20.1 Å². The van der Waals surface area contributed by atoms with Crippen LogP contribution in [0.1, 0.15) is 32.8 Å². The second kappa shape index (κ2) is 14.7. The monoisotopic (exact) mass is 506 g/mol. The van der Waals surface area contributed by atoms with Crippen molar-refractivity contribution in [2.75, 3.05) is 47.9 Å². The molecule has 0 bridgehead atoms. The Labute approximate surface area is 188 Å². The number of hydrogen-bond acceptors (Lipinski definition) is 4. The first-order valence-electron chi connectivity index (χ1n) is 9.80. The van der Waals surface area contributed by atoms with Gasteiger partial charge in [-0.2, -0.15) is 0 Å². The Morgan fingerprint density at radius 2 is 1.79 bits per heavy atom. The van der Waals surface area contributed by atoms with Gasteiger partial charge in [-0.3, -0.25) is 4.99 Å². The zero-order chi connectivity index (χ0) is 20.2. The molecule has 1 rings (SSSR count). The molecule has 1 aromatic carbocycles. The maximum Gasteiger partial charge on any atom is 0.191 e. The van der Waals surface area contributed by atoms with Crippen LogP contribution in [0, 0.1) is 5.92 Å². The summed E-state index contributed by atoms with van der Waals surface area (Å²) in [6.45, 7) is 9.04. The van der Waals surface area contributed by atoms with Gasteiger partial charge in [-0.05, 0) is 57.5 Å². The van der Waals surface area contributed by atoms with Crippen LogP contribution >= 0.6 is 24.0 Å². The molecular formula is C21H39IN4O2. The van der Waals surface area contributed by atoms with Crippen molar-refractivity contribution >= 4 is 29.9 Å². The molecule has 28 heavy (non-hydrogen) atoms. The first-order valence-corrected chi connectivity index (χ1v) is 9.80. The number of ether oxygens (including phenoxy) is 2. The predicted molar refractivity (Wildman–Crippen MR) is 130 cm³/mol. The molecule has 0 heterocycles. The average Bonchev–Trinajstić information content (AvgIpc) is 2.64. The van der Waals surface area contributed by atoms with Gasteiger partial charge < -0.3 is 25.0 Å². The number of likely N-dealkylation sites (N-methyl/N-ethyl adjacent to an activating group) is 1. The molecule has 0 fully saturated rings.